The van der Waals surface area contributed by atoms with Gasteiger partial charge >= 0.3 is 0 Å². The van der Waals surface area contributed by atoms with Gasteiger partial charge in [-0.3, -0.25) is 9.59 Å². The van der Waals surface area contributed by atoms with E-state index in [4.69, 9.17) is 5.73 Å². The first kappa shape index (κ1) is 20.2. The van der Waals surface area contributed by atoms with Crippen molar-refractivity contribution in [2.24, 2.45) is 5.73 Å². The molecular formula is C21H24N6O2. The summed E-state index contributed by atoms with van der Waals surface area (Å²) >= 11 is 0. The van der Waals surface area contributed by atoms with E-state index in [2.05, 4.69) is 58.8 Å². The number of hydrogen-bond donors (Lipinski definition) is 2. The molecule has 0 atom stereocenters. The van der Waals surface area contributed by atoms with E-state index in [0.29, 0.717) is 29.4 Å². The maximum Gasteiger partial charge on any atom is 0.248 e. The molecule has 0 fully saturated rings. The van der Waals surface area contributed by atoms with Crippen molar-refractivity contribution in [3.63, 3.8) is 0 Å². The van der Waals surface area contributed by atoms with Crippen LogP contribution in [0.5, 0.6) is 0 Å². The molecule has 2 aromatic carbocycles. The summed E-state index contributed by atoms with van der Waals surface area (Å²) in [5.41, 5.74) is 8.79. The van der Waals surface area contributed by atoms with Crippen molar-refractivity contribution in [1.29, 1.82) is 0 Å². The Hall–Kier alpha value is -3.55. The maximum absolute atomic E-state index is 12.1. The van der Waals surface area contributed by atoms with Gasteiger partial charge in [0.2, 0.25) is 17.6 Å². The summed E-state index contributed by atoms with van der Waals surface area (Å²) in [5.74, 6) is 0.196. The number of nitrogens with two attached hydrogens (primary N) is 1. The molecule has 1 aromatic heterocycles. The van der Waals surface area contributed by atoms with Crippen molar-refractivity contribution < 1.29 is 9.59 Å². The first-order valence-corrected chi connectivity index (χ1v) is 9.46. The molecule has 0 radical (unpaired) electrons. The van der Waals surface area contributed by atoms with Crippen molar-refractivity contribution in [3.8, 4) is 11.4 Å². The molecule has 0 aliphatic carbocycles. The van der Waals surface area contributed by atoms with Gasteiger partial charge < -0.3 is 11.1 Å². The third kappa shape index (κ3) is 5.47. The van der Waals surface area contributed by atoms with Crippen molar-refractivity contribution in [2.45, 2.75) is 32.7 Å². The van der Waals surface area contributed by atoms with E-state index in [1.807, 2.05) is 0 Å². The van der Waals surface area contributed by atoms with E-state index >= 15 is 0 Å². The molecule has 3 aromatic rings. The lowest BCUT2D eigenvalue weighted by atomic mass is 10.0. The fraction of sp³-hybridized carbons (Fsp3) is 0.286. The van der Waals surface area contributed by atoms with Crippen LogP contribution < -0.4 is 11.1 Å². The van der Waals surface area contributed by atoms with Crippen molar-refractivity contribution in [1.82, 2.24) is 25.5 Å². The molecule has 8 heteroatoms. The number of carbonyl (C=O) groups excluding carboxylic acids is 2. The Morgan fingerprint density at radius 2 is 1.76 bits per heavy atom. The van der Waals surface area contributed by atoms with Gasteiger partial charge in [-0.1, -0.05) is 50.2 Å². The number of primary amides is 1. The zero-order valence-corrected chi connectivity index (χ0v) is 16.5. The summed E-state index contributed by atoms with van der Waals surface area (Å²) in [5, 5.41) is 14.9. The lowest BCUT2D eigenvalue weighted by Gasteiger charge is -2.08. The first-order chi connectivity index (χ1) is 13.9. The molecule has 3 N–H and O–H groups in total. The zero-order chi connectivity index (χ0) is 20.8. The minimum absolute atomic E-state index is 0.0152. The van der Waals surface area contributed by atoms with Gasteiger partial charge in [0.05, 0.1) is 0 Å². The predicted molar refractivity (Wildman–Crippen MR) is 109 cm³/mol. The van der Waals surface area contributed by atoms with Crippen LogP contribution in [0, 0.1) is 0 Å². The third-order valence-electron chi connectivity index (χ3n) is 4.55. The summed E-state index contributed by atoms with van der Waals surface area (Å²) in [6, 6.07) is 15.0. The number of nitrogens with one attached hydrogen (secondary N) is 1. The number of benzene rings is 2. The Balaban J connectivity index is 1.49. The molecule has 0 aliphatic rings. The fourth-order valence-electron chi connectivity index (χ4n) is 2.81. The van der Waals surface area contributed by atoms with E-state index in [9.17, 15) is 9.59 Å². The van der Waals surface area contributed by atoms with Crippen LogP contribution in [0.3, 0.4) is 0 Å². The van der Waals surface area contributed by atoms with Gasteiger partial charge in [-0.2, -0.15) is 4.80 Å². The summed E-state index contributed by atoms with van der Waals surface area (Å²) < 4.78 is 0. The van der Waals surface area contributed by atoms with E-state index in [-0.39, 0.29) is 12.5 Å². The molecule has 0 bridgehead atoms. The molecule has 150 valence electrons. The number of aromatic nitrogens is 4. The first-order valence-electron chi connectivity index (χ1n) is 9.46. The fourth-order valence-corrected chi connectivity index (χ4v) is 2.81. The van der Waals surface area contributed by atoms with Gasteiger partial charge in [-0.15, -0.1) is 10.2 Å². The Kier molecular flexibility index (Phi) is 6.33. The molecule has 29 heavy (non-hydrogen) atoms. The summed E-state index contributed by atoms with van der Waals surface area (Å²) in [6.07, 6.45) is 0.756. The minimum Gasteiger partial charge on any atom is -0.366 e. The lowest BCUT2D eigenvalue weighted by molar-refractivity contribution is -0.122. The monoisotopic (exact) mass is 392 g/mol. The van der Waals surface area contributed by atoms with E-state index in [1.54, 1.807) is 24.3 Å². The van der Waals surface area contributed by atoms with E-state index in [1.165, 1.54) is 15.9 Å². The van der Waals surface area contributed by atoms with Gasteiger partial charge in [0.25, 0.3) is 0 Å². The molecule has 0 saturated heterocycles. The second kappa shape index (κ2) is 9.09. The standard InChI is InChI=1S/C21H24N6O2/c1-14(2)16-5-3-15(4-6-16)11-12-23-19(28)13-27-25-21(24-26-27)18-9-7-17(8-10-18)20(22)29/h3-10,14H,11-13H2,1-2H3,(H2,22,29)(H,23,28). The van der Waals surface area contributed by atoms with Crippen LogP contribution in [0.15, 0.2) is 48.5 Å². The van der Waals surface area contributed by atoms with Crippen LogP contribution in [-0.4, -0.2) is 38.6 Å². The van der Waals surface area contributed by atoms with Gasteiger partial charge in [-0.05, 0) is 40.8 Å². The van der Waals surface area contributed by atoms with Crippen LogP contribution in [-0.2, 0) is 17.8 Å². The summed E-state index contributed by atoms with van der Waals surface area (Å²) in [4.78, 5) is 24.5. The molecular weight excluding hydrogens is 368 g/mol. The number of nitrogens with zero attached hydrogens (tertiary/aromatic N) is 4. The zero-order valence-electron chi connectivity index (χ0n) is 16.5. The van der Waals surface area contributed by atoms with Crippen LogP contribution >= 0.6 is 0 Å². The third-order valence-corrected chi connectivity index (χ3v) is 4.55. The summed E-state index contributed by atoms with van der Waals surface area (Å²) in [6.45, 7) is 4.85. The highest BCUT2D eigenvalue weighted by Gasteiger charge is 2.10. The largest absolute Gasteiger partial charge is 0.366 e. The number of carbonyl (C=O) groups is 2. The second-order valence-corrected chi connectivity index (χ2v) is 7.08. The Morgan fingerprint density at radius 1 is 1.07 bits per heavy atom. The van der Waals surface area contributed by atoms with Crippen molar-refractivity contribution in [2.75, 3.05) is 6.54 Å². The Morgan fingerprint density at radius 3 is 2.38 bits per heavy atom. The highest BCUT2D eigenvalue weighted by molar-refractivity contribution is 5.93. The van der Waals surface area contributed by atoms with Crippen molar-refractivity contribution in [3.05, 3.63) is 65.2 Å². The quantitative estimate of drug-likeness (QED) is 0.608. The van der Waals surface area contributed by atoms with E-state index < -0.39 is 5.91 Å². The minimum atomic E-state index is -0.499. The summed E-state index contributed by atoms with van der Waals surface area (Å²) in [7, 11) is 0. The highest BCUT2D eigenvalue weighted by Crippen LogP contribution is 2.15. The Bertz CT molecular complexity index is 977. The molecule has 0 unspecified atom stereocenters. The molecule has 1 heterocycles. The maximum atomic E-state index is 12.1. The van der Waals surface area contributed by atoms with Crippen LogP contribution in [0.2, 0.25) is 0 Å². The van der Waals surface area contributed by atoms with Gasteiger partial charge in [-0.25, -0.2) is 0 Å². The number of tetrazole rings is 1. The lowest BCUT2D eigenvalue weighted by Crippen LogP contribution is -2.30. The van der Waals surface area contributed by atoms with Crippen LogP contribution in [0.1, 0.15) is 41.3 Å². The van der Waals surface area contributed by atoms with Crippen molar-refractivity contribution >= 4 is 11.8 Å². The molecule has 0 spiro atoms. The normalized spacial score (nSPS) is 10.9. The van der Waals surface area contributed by atoms with Crippen LogP contribution in [0.25, 0.3) is 11.4 Å². The average Bonchev–Trinajstić information content (AvgIpc) is 3.17. The van der Waals surface area contributed by atoms with Crippen LogP contribution in [0.4, 0.5) is 0 Å². The van der Waals surface area contributed by atoms with Gasteiger partial charge in [0.1, 0.15) is 6.54 Å². The van der Waals surface area contributed by atoms with E-state index in [0.717, 1.165) is 6.42 Å². The SMILES string of the molecule is CC(C)c1ccc(CCNC(=O)Cn2nnc(-c3ccc(C(N)=O)cc3)n2)cc1. The molecule has 0 aliphatic heterocycles. The molecule has 3 rings (SSSR count). The average molecular weight is 392 g/mol. The molecule has 2 amide bonds. The molecule has 0 saturated carbocycles. The number of hydrogen-bond acceptors (Lipinski definition) is 5. The topological polar surface area (TPSA) is 116 Å². The molecule has 8 nitrogen and oxygen atoms in total. The number of rotatable bonds is 8. The predicted octanol–water partition coefficient (Wildman–Crippen LogP) is 1.92. The van der Waals surface area contributed by atoms with Gasteiger partial charge in [0.15, 0.2) is 0 Å². The Labute approximate surface area is 169 Å². The smallest absolute Gasteiger partial charge is 0.248 e. The highest BCUT2D eigenvalue weighted by atomic mass is 16.2. The number of amides is 2. The van der Waals surface area contributed by atoms with Gasteiger partial charge in [0, 0.05) is 17.7 Å². The second-order valence-electron chi connectivity index (χ2n) is 7.08.